The van der Waals surface area contributed by atoms with Crippen LogP contribution in [0.4, 0.5) is 0 Å². The number of aryl methyl sites for hydroxylation is 1. The summed E-state index contributed by atoms with van der Waals surface area (Å²) in [6.07, 6.45) is 3.00. The van der Waals surface area contributed by atoms with Crippen LogP contribution in [-0.2, 0) is 11.8 Å². The second kappa shape index (κ2) is 4.04. The van der Waals surface area contributed by atoms with E-state index >= 15 is 0 Å². The van der Waals surface area contributed by atoms with Gasteiger partial charge in [-0.2, -0.15) is 0 Å². The Kier molecular flexibility index (Phi) is 3.01. The van der Waals surface area contributed by atoms with E-state index in [9.17, 15) is 5.11 Å². The lowest BCUT2D eigenvalue weighted by Gasteiger charge is -2.22. The SMILES string of the molecule is CCc1cc(Br)cc(C2(C(C)N)CC2)c1O. The molecule has 0 spiro atoms. The van der Waals surface area contributed by atoms with E-state index < -0.39 is 0 Å². The third-order valence-corrected chi connectivity index (χ3v) is 4.19. The molecule has 0 amide bonds. The number of phenols is 1. The van der Waals surface area contributed by atoms with E-state index in [-0.39, 0.29) is 11.5 Å². The monoisotopic (exact) mass is 283 g/mol. The summed E-state index contributed by atoms with van der Waals surface area (Å²) in [6.45, 7) is 4.08. The largest absolute Gasteiger partial charge is 0.507 e. The molecule has 0 bridgehead atoms. The summed E-state index contributed by atoms with van der Waals surface area (Å²) < 4.78 is 1.03. The van der Waals surface area contributed by atoms with Crippen molar-refractivity contribution in [3.8, 4) is 5.75 Å². The van der Waals surface area contributed by atoms with Gasteiger partial charge in [0.15, 0.2) is 0 Å². The molecule has 1 aromatic rings. The lowest BCUT2D eigenvalue weighted by atomic mass is 9.87. The van der Waals surface area contributed by atoms with Gasteiger partial charge in [-0.15, -0.1) is 0 Å². The molecule has 16 heavy (non-hydrogen) atoms. The van der Waals surface area contributed by atoms with Crippen molar-refractivity contribution in [2.45, 2.75) is 44.6 Å². The quantitative estimate of drug-likeness (QED) is 0.896. The molecule has 1 aliphatic rings. The average Bonchev–Trinajstić information content (AvgIpc) is 3.02. The van der Waals surface area contributed by atoms with E-state index in [1.54, 1.807) is 0 Å². The average molecular weight is 284 g/mol. The second-order valence-electron chi connectivity index (χ2n) is 4.76. The van der Waals surface area contributed by atoms with Crippen LogP contribution in [0.2, 0.25) is 0 Å². The summed E-state index contributed by atoms with van der Waals surface area (Å²) in [6, 6.07) is 4.10. The maximum absolute atomic E-state index is 10.3. The fraction of sp³-hybridized carbons (Fsp3) is 0.538. The third kappa shape index (κ3) is 1.76. The molecule has 0 saturated heterocycles. The standard InChI is InChI=1S/C13H18BrNO/c1-3-9-6-10(14)7-11(12(9)16)13(4-5-13)8(2)15/h6-8,16H,3-5,15H2,1-2H3. The van der Waals surface area contributed by atoms with Crippen molar-refractivity contribution in [3.63, 3.8) is 0 Å². The van der Waals surface area contributed by atoms with Gasteiger partial charge in [-0.1, -0.05) is 22.9 Å². The van der Waals surface area contributed by atoms with Crippen molar-refractivity contribution >= 4 is 15.9 Å². The van der Waals surface area contributed by atoms with Crippen LogP contribution in [-0.4, -0.2) is 11.1 Å². The highest BCUT2D eigenvalue weighted by Crippen LogP contribution is 2.54. The topological polar surface area (TPSA) is 46.2 Å². The van der Waals surface area contributed by atoms with Gasteiger partial charge in [-0.05, 0) is 43.9 Å². The number of hydrogen-bond donors (Lipinski definition) is 2. The van der Waals surface area contributed by atoms with E-state index in [0.717, 1.165) is 34.9 Å². The highest BCUT2D eigenvalue weighted by molar-refractivity contribution is 9.10. The fourth-order valence-corrected chi connectivity index (χ4v) is 2.91. The van der Waals surface area contributed by atoms with Crippen molar-refractivity contribution in [2.24, 2.45) is 5.73 Å². The Labute approximate surface area is 105 Å². The predicted molar refractivity (Wildman–Crippen MR) is 69.7 cm³/mol. The number of aromatic hydroxyl groups is 1. The third-order valence-electron chi connectivity index (χ3n) is 3.73. The molecular weight excluding hydrogens is 266 g/mol. The first-order valence-electron chi connectivity index (χ1n) is 5.78. The Hall–Kier alpha value is -0.540. The molecule has 0 aromatic heterocycles. The number of nitrogens with two attached hydrogens (primary N) is 1. The number of benzene rings is 1. The van der Waals surface area contributed by atoms with Gasteiger partial charge in [-0.3, -0.25) is 0 Å². The van der Waals surface area contributed by atoms with Gasteiger partial charge in [0, 0.05) is 21.5 Å². The van der Waals surface area contributed by atoms with E-state index in [1.165, 1.54) is 0 Å². The minimum absolute atomic E-state index is 0.0117. The molecule has 1 aliphatic carbocycles. The molecule has 2 rings (SSSR count). The Morgan fingerprint density at radius 1 is 1.50 bits per heavy atom. The molecule has 1 fully saturated rings. The van der Waals surface area contributed by atoms with E-state index in [1.807, 2.05) is 19.1 Å². The van der Waals surface area contributed by atoms with Gasteiger partial charge < -0.3 is 10.8 Å². The molecule has 1 saturated carbocycles. The summed E-state index contributed by atoms with van der Waals surface area (Å²) in [5, 5.41) is 10.3. The predicted octanol–water partition coefficient (Wildman–Crippen LogP) is 3.10. The van der Waals surface area contributed by atoms with Gasteiger partial charge in [-0.25, -0.2) is 0 Å². The zero-order valence-corrected chi connectivity index (χ0v) is 11.3. The van der Waals surface area contributed by atoms with Crippen LogP contribution in [0.3, 0.4) is 0 Å². The van der Waals surface area contributed by atoms with Gasteiger partial charge in [0.2, 0.25) is 0 Å². The van der Waals surface area contributed by atoms with Crippen LogP contribution >= 0.6 is 15.9 Å². The normalized spacial score (nSPS) is 19.5. The van der Waals surface area contributed by atoms with Crippen molar-refractivity contribution in [1.29, 1.82) is 0 Å². The van der Waals surface area contributed by atoms with Crippen LogP contribution in [0.15, 0.2) is 16.6 Å². The maximum Gasteiger partial charge on any atom is 0.122 e. The first-order valence-corrected chi connectivity index (χ1v) is 6.58. The Morgan fingerprint density at radius 3 is 2.56 bits per heavy atom. The number of rotatable bonds is 3. The summed E-state index contributed by atoms with van der Waals surface area (Å²) in [5.74, 6) is 0.445. The zero-order valence-electron chi connectivity index (χ0n) is 9.76. The molecule has 0 heterocycles. The van der Waals surface area contributed by atoms with Gasteiger partial charge in [0.25, 0.3) is 0 Å². The number of phenolic OH excluding ortho intramolecular Hbond substituents is 1. The Balaban J connectivity index is 2.53. The molecule has 88 valence electrons. The molecule has 0 aliphatic heterocycles. The molecule has 1 atom stereocenters. The maximum atomic E-state index is 10.3. The highest BCUT2D eigenvalue weighted by atomic mass is 79.9. The van der Waals surface area contributed by atoms with E-state index in [4.69, 9.17) is 5.73 Å². The van der Waals surface area contributed by atoms with Gasteiger partial charge in [0.05, 0.1) is 0 Å². The van der Waals surface area contributed by atoms with Gasteiger partial charge >= 0.3 is 0 Å². The van der Waals surface area contributed by atoms with Gasteiger partial charge in [0.1, 0.15) is 5.75 Å². The summed E-state index contributed by atoms with van der Waals surface area (Å²) >= 11 is 3.51. The van der Waals surface area contributed by atoms with Crippen molar-refractivity contribution in [1.82, 2.24) is 0 Å². The minimum Gasteiger partial charge on any atom is -0.507 e. The molecule has 3 heteroatoms. The van der Waals surface area contributed by atoms with Crippen molar-refractivity contribution in [2.75, 3.05) is 0 Å². The smallest absolute Gasteiger partial charge is 0.122 e. The van der Waals surface area contributed by atoms with Crippen LogP contribution in [0.1, 0.15) is 37.8 Å². The first-order chi connectivity index (χ1) is 7.51. The van der Waals surface area contributed by atoms with Crippen molar-refractivity contribution < 1.29 is 5.11 Å². The van der Waals surface area contributed by atoms with Crippen LogP contribution in [0, 0.1) is 0 Å². The zero-order chi connectivity index (χ0) is 11.9. The molecular formula is C13H18BrNO. The van der Waals surface area contributed by atoms with Crippen LogP contribution in [0.5, 0.6) is 5.75 Å². The van der Waals surface area contributed by atoms with Crippen molar-refractivity contribution in [3.05, 3.63) is 27.7 Å². The van der Waals surface area contributed by atoms with Crippen LogP contribution in [0.25, 0.3) is 0 Å². The Morgan fingerprint density at radius 2 is 2.12 bits per heavy atom. The lowest BCUT2D eigenvalue weighted by Crippen LogP contribution is -2.31. The molecule has 0 radical (unpaired) electrons. The van der Waals surface area contributed by atoms with E-state index in [0.29, 0.717) is 5.75 Å². The molecule has 1 aromatic carbocycles. The minimum atomic E-state index is 0.0117. The lowest BCUT2D eigenvalue weighted by molar-refractivity contribution is 0.441. The Bertz CT molecular complexity index is 411. The van der Waals surface area contributed by atoms with E-state index in [2.05, 4.69) is 22.9 Å². The number of hydrogen-bond acceptors (Lipinski definition) is 2. The van der Waals surface area contributed by atoms with Crippen LogP contribution < -0.4 is 5.73 Å². The first kappa shape index (κ1) is 11.9. The summed E-state index contributed by atoms with van der Waals surface area (Å²) in [5.41, 5.74) is 8.08. The number of halogens is 1. The molecule has 2 nitrogen and oxygen atoms in total. The molecule has 3 N–H and O–H groups in total. The molecule has 1 unspecified atom stereocenters. The summed E-state index contributed by atoms with van der Waals surface area (Å²) in [7, 11) is 0. The fourth-order valence-electron chi connectivity index (χ4n) is 2.41. The second-order valence-corrected chi connectivity index (χ2v) is 5.68. The summed E-state index contributed by atoms with van der Waals surface area (Å²) in [4.78, 5) is 0. The highest BCUT2D eigenvalue weighted by Gasteiger charge is 2.49.